The molecule has 2 heteroatoms. The predicted molar refractivity (Wildman–Crippen MR) is 77.4 cm³/mol. The highest BCUT2D eigenvalue weighted by molar-refractivity contribution is 9.10. The van der Waals surface area contributed by atoms with Crippen LogP contribution in [0.25, 0.3) is 0 Å². The molecule has 1 aliphatic carbocycles. The highest BCUT2D eigenvalue weighted by Crippen LogP contribution is 2.37. The van der Waals surface area contributed by atoms with E-state index in [1.54, 1.807) is 0 Å². The summed E-state index contributed by atoms with van der Waals surface area (Å²) in [7, 11) is 0. The molecule has 1 unspecified atom stereocenters. The number of hydrogen-bond donors (Lipinski definition) is 1. The number of halogens is 1. The van der Waals surface area contributed by atoms with Crippen molar-refractivity contribution in [2.24, 2.45) is 0 Å². The van der Waals surface area contributed by atoms with Crippen molar-refractivity contribution in [3.05, 3.63) is 34.3 Å². The topological polar surface area (TPSA) is 12.0 Å². The van der Waals surface area contributed by atoms with E-state index in [9.17, 15) is 0 Å². The van der Waals surface area contributed by atoms with Gasteiger partial charge in [0.1, 0.15) is 0 Å². The van der Waals surface area contributed by atoms with Gasteiger partial charge in [-0.3, -0.25) is 0 Å². The second kappa shape index (κ2) is 6.01. The molecule has 2 rings (SSSR count). The largest absolute Gasteiger partial charge is 0.311 e. The van der Waals surface area contributed by atoms with Crippen molar-refractivity contribution >= 4 is 15.9 Å². The molecule has 0 radical (unpaired) electrons. The minimum atomic E-state index is 0.674. The zero-order chi connectivity index (χ0) is 12.3. The lowest BCUT2D eigenvalue weighted by Gasteiger charge is -2.38. The summed E-state index contributed by atoms with van der Waals surface area (Å²) in [6, 6.07) is 10.2. The number of hydrogen-bond acceptors (Lipinski definition) is 1. The van der Waals surface area contributed by atoms with E-state index in [2.05, 4.69) is 59.4 Å². The first-order valence-corrected chi connectivity index (χ1v) is 7.50. The summed E-state index contributed by atoms with van der Waals surface area (Å²) in [5.41, 5.74) is 1.49. The van der Waals surface area contributed by atoms with Gasteiger partial charge in [0.05, 0.1) is 0 Å². The fourth-order valence-corrected chi connectivity index (χ4v) is 3.12. The van der Waals surface area contributed by atoms with Crippen molar-refractivity contribution in [2.75, 3.05) is 0 Å². The third-order valence-corrected chi connectivity index (χ3v) is 4.19. The van der Waals surface area contributed by atoms with Crippen molar-refractivity contribution < 1.29 is 0 Å². The molecule has 94 valence electrons. The molecule has 1 nitrogen and oxygen atoms in total. The van der Waals surface area contributed by atoms with Gasteiger partial charge >= 0.3 is 0 Å². The van der Waals surface area contributed by atoms with Gasteiger partial charge in [-0.15, -0.1) is 0 Å². The molecule has 0 amide bonds. The molecule has 0 heterocycles. The zero-order valence-corrected chi connectivity index (χ0v) is 12.3. The number of nitrogens with one attached hydrogen (secondary N) is 1. The Hall–Kier alpha value is -0.340. The summed E-state index contributed by atoms with van der Waals surface area (Å²) in [6.45, 7) is 4.55. The second-order valence-electron chi connectivity index (χ2n) is 5.28. The monoisotopic (exact) mass is 295 g/mol. The Morgan fingerprint density at radius 1 is 1.41 bits per heavy atom. The van der Waals surface area contributed by atoms with Crippen molar-refractivity contribution in [3.63, 3.8) is 0 Å². The Kier molecular flexibility index (Phi) is 4.63. The maximum atomic E-state index is 3.72. The Morgan fingerprint density at radius 2 is 2.18 bits per heavy atom. The summed E-state index contributed by atoms with van der Waals surface area (Å²) in [6.07, 6.45) is 5.16. The molecule has 1 aromatic rings. The minimum Gasteiger partial charge on any atom is -0.311 e. The lowest BCUT2D eigenvalue weighted by molar-refractivity contribution is 0.264. The SMILES string of the molecule is CCCC(C)NC1CC(c2cccc(Br)c2)C1. The summed E-state index contributed by atoms with van der Waals surface area (Å²) < 4.78 is 1.20. The summed E-state index contributed by atoms with van der Waals surface area (Å²) in [4.78, 5) is 0. The average molecular weight is 296 g/mol. The Labute approximate surface area is 113 Å². The van der Waals surface area contributed by atoms with Crippen LogP contribution in [0.2, 0.25) is 0 Å². The normalized spacial score (nSPS) is 25.4. The van der Waals surface area contributed by atoms with E-state index in [1.807, 2.05) is 0 Å². The molecule has 1 N–H and O–H groups in total. The van der Waals surface area contributed by atoms with Crippen LogP contribution in [0.3, 0.4) is 0 Å². The molecule has 0 saturated heterocycles. The second-order valence-corrected chi connectivity index (χ2v) is 6.19. The molecule has 0 aliphatic heterocycles. The van der Waals surface area contributed by atoms with Crippen LogP contribution in [-0.2, 0) is 0 Å². The number of rotatable bonds is 5. The molecule has 1 saturated carbocycles. The number of benzene rings is 1. The molecule has 1 atom stereocenters. The fraction of sp³-hybridized carbons (Fsp3) is 0.600. The van der Waals surface area contributed by atoms with E-state index < -0.39 is 0 Å². The molecule has 1 aromatic carbocycles. The Morgan fingerprint density at radius 3 is 2.82 bits per heavy atom. The lowest BCUT2D eigenvalue weighted by atomic mass is 9.75. The van der Waals surface area contributed by atoms with Gasteiger partial charge in [0, 0.05) is 16.6 Å². The Bertz CT molecular complexity index is 358. The molecular formula is C15H22BrN. The van der Waals surface area contributed by atoms with Gasteiger partial charge in [-0.25, -0.2) is 0 Å². The van der Waals surface area contributed by atoms with E-state index in [1.165, 1.54) is 35.7 Å². The van der Waals surface area contributed by atoms with Gasteiger partial charge in [-0.2, -0.15) is 0 Å². The van der Waals surface area contributed by atoms with Gasteiger partial charge in [0.25, 0.3) is 0 Å². The van der Waals surface area contributed by atoms with Gasteiger partial charge in [-0.05, 0) is 49.8 Å². The molecule has 1 fully saturated rings. The van der Waals surface area contributed by atoms with Crippen LogP contribution in [0.5, 0.6) is 0 Å². The zero-order valence-electron chi connectivity index (χ0n) is 10.7. The van der Waals surface area contributed by atoms with E-state index >= 15 is 0 Å². The summed E-state index contributed by atoms with van der Waals surface area (Å²) in [5, 5.41) is 3.72. The predicted octanol–water partition coefficient (Wildman–Crippen LogP) is 4.47. The van der Waals surface area contributed by atoms with Crippen molar-refractivity contribution in [2.45, 2.75) is 57.5 Å². The van der Waals surface area contributed by atoms with Gasteiger partial charge in [-0.1, -0.05) is 41.4 Å². The lowest BCUT2D eigenvalue weighted by Crippen LogP contribution is -2.44. The van der Waals surface area contributed by atoms with Crippen LogP contribution < -0.4 is 5.32 Å². The first-order valence-electron chi connectivity index (χ1n) is 6.70. The molecule has 17 heavy (non-hydrogen) atoms. The smallest absolute Gasteiger partial charge is 0.0178 e. The van der Waals surface area contributed by atoms with E-state index in [4.69, 9.17) is 0 Å². The average Bonchev–Trinajstić information content (AvgIpc) is 2.23. The van der Waals surface area contributed by atoms with E-state index in [0.29, 0.717) is 6.04 Å². The van der Waals surface area contributed by atoms with Crippen LogP contribution in [0.15, 0.2) is 28.7 Å². The van der Waals surface area contributed by atoms with Crippen LogP contribution in [0, 0.1) is 0 Å². The van der Waals surface area contributed by atoms with Crippen LogP contribution in [0.4, 0.5) is 0 Å². The Balaban J connectivity index is 1.79. The molecule has 1 aliphatic rings. The quantitative estimate of drug-likeness (QED) is 0.845. The molecular weight excluding hydrogens is 274 g/mol. The maximum Gasteiger partial charge on any atom is 0.0178 e. The van der Waals surface area contributed by atoms with E-state index in [0.717, 1.165) is 12.0 Å². The molecule has 0 aromatic heterocycles. The standard InChI is InChI=1S/C15H22BrN/c1-3-5-11(2)17-15-9-13(10-15)12-6-4-7-14(16)8-12/h4,6-8,11,13,15,17H,3,5,9-10H2,1-2H3. The van der Waals surface area contributed by atoms with Crippen LogP contribution in [0.1, 0.15) is 51.0 Å². The van der Waals surface area contributed by atoms with Crippen molar-refractivity contribution in [1.29, 1.82) is 0 Å². The highest BCUT2D eigenvalue weighted by Gasteiger charge is 2.30. The summed E-state index contributed by atoms with van der Waals surface area (Å²) in [5.74, 6) is 0.763. The minimum absolute atomic E-state index is 0.674. The first kappa shape index (κ1) is 13.1. The van der Waals surface area contributed by atoms with Crippen LogP contribution >= 0.6 is 15.9 Å². The van der Waals surface area contributed by atoms with Gasteiger partial charge < -0.3 is 5.32 Å². The van der Waals surface area contributed by atoms with Crippen molar-refractivity contribution in [3.8, 4) is 0 Å². The third kappa shape index (κ3) is 3.56. The van der Waals surface area contributed by atoms with Gasteiger partial charge in [0.15, 0.2) is 0 Å². The fourth-order valence-electron chi connectivity index (χ4n) is 2.71. The van der Waals surface area contributed by atoms with Crippen LogP contribution in [-0.4, -0.2) is 12.1 Å². The molecule has 0 spiro atoms. The summed E-state index contributed by atoms with van der Waals surface area (Å²) >= 11 is 3.54. The highest BCUT2D eigenvalue weighted by atomic mass is 79.9. The first-order chi connectivity index (χ1) is 8.19. The van der Waals surface area contributed by atoms with Crippen molar-refractivity contribution in [1.82, 2.24) is 5.32 Å². The maximum absolute atomic E-state index is 3.72. The van der Waals surface area contributed by atoms with Gasteiger partial charge in [0.2, 0.25) is 0 Å². The third-order valence-electron chi connectivity index (χ3n) is 3.70. The molecule has 0 bridgehead atoms. The van der Waals surface area contributed by atoms with E-state index in [-0.39, 0.29) is 0 Å².